The van der Waals surface area contributed by atoms with Crippen molar-refractivity contribution in [1.82, 2.24) is 10.2 Å². The third-order valence-corrected chi connectivity index (χ3v) is 2.44. The summed E-state index contributed by atoms with van der Waals surface area (Å²) in [6.07, 6.45) is 0. The molecule has 0 aromatic carbocycles. The van der Waals surface area contributed by atoms with Gasteiger partial charge in [0.05, 0.1) is 0 Å². The number of nitrogens with one attached hydrogen (secondary N) is 1. The van der Waals surface area contributed by atoms with Crippen molar-refractivity contribution in [3.05, 3.63) is 0 Å². The second kappa shape index (κ2) is 2.51. The summed E-state index contributed by atoms with van der Waals surface area (Å²) in [5.74, 6) is 0. The van der Waals surface area contributed by atoms with Crippen LogP contribution in [0.15, 0.2) is 0 Å². The van der Waals surface area contributed by atoms with Crippen LogP contribution >= 0.6 is 0 Å². The predicted molar refractivity (Wildman–Crippen MR) is 44.2 cm³/mol. The van der Waals surface area contributed by atoms with Gasteiger partial charge in [-0.15, -0.1) is 0 Å². The maximum absolute atomic E-state index is 3.32. The summed E-state index contributed by atoms with van der Waals surface area (Å²) in [6.45, 7) is 9.15. The number of nitrogens with zero attached hydrogens (tertiary/aromatic N) is 1. The molecular formula is C8H18N2. The smallest absolute Gasteiger partial charge is 0.0406 e. The number of hydrogen-bond donors (Lipinski definition) is 1. The summed E-state index contributed by atoms with van der Waals surface area (Å²) < 4.78 is 0. The van der Waals surface area contributed by atoms with Crippen molar-refractivity contribution < 1.29 is 0 Å². The second-order valence-electron chi connectivity index (χ2n) is 3.81. The van der Waals surface area contributed by atoms with Gasteiger partial charge in [0.25, 0.3) is 0 Å². The van der Waals surface area contributed by atoms with E-state index in [1.165, 1.54) is 13.1 Å². The van der Waals surface area contributed by atoms with Crippen LogP contribution in [-0.4, -0.2) is 36.6 Å². The average Bonchev–Trinajstić information content (AvgIpc) is 1.80. The normalized spacial score (nSPS) is 24.9. The maximum Gasteiger partial charge on any atom is 0.0406 e. The third-order valence-electron chi connectivity index (χ3n) is 2.44. The zero-order chi connectivity index (χ0) is 7.78. The summed E-state index contributed by atoms with van der Waals surface area (Å²) in [4.78, 5) is 2.47. The zero-order valence-corrected chi connectivity index (χ0v) is 7.44. The van der Waals surface area contributed by atoms with E-state index in [0.717, 1.165) is 0 Å². The van der Waals surface area contributed by atoms with E-state index in [1.807, 2.05) is 7.05 Å². The van der Waals surface area contributed by atoms with Gasteiger partial charge in [-0.1, -0.05) is 0 Å². The molecular weight excluding hydrogens is 124 g/mol. The molecule has 0 aliphatic carbocycles. The lowest BCUT2D eigenvalue weighted by Gasteiger charge is -2.50. The van der Waals surface area contributed by atoms with E-state index >= 15 is 0 Å². The summed E-state index contributed by atoms with van der Waals surface area (Å²) in [6, 6.07) is 0.710. The summed E-state index contributed by atoms with van der Waals surface area (Å²) in [7, 11) is 2.04. The Morgan fingerprint density at radius 3 is 2.20 bits per heavy atom. The van der Waals surface area contributed by atoms with Crippen molar-refractivity contribution in [2.45, 2.75) is 32.4 Å². The van der Waals surface area contributed by atoms with Crippen LogP contribution in [0.5, 0.6) is 0 Å². The highest BCUT2D eigenvalue weighted by Gasteiger charge is 2.37. The predicted octanol–water partition coefficient (Wildman–Crippen LogP) is 0.688. The van der Waals surface area contributed by atoms with E-state index < -0.39 is 0 Å². The summed E-state index contributed by atoms with van der Waals surface area (Å²) in [5.41, 5.74) is 0.393. The molecule has 1 saturated heterocycles. The van der Waals surface area contributed by atoms with Crippen LogP contribution in [-0.2, 0) is 0 Å². The van der Waals surface area contributed by atoms with Crippen molar-refractivity contribution in [2.75, 3.05) is 20.1 Å². The molecule has 1 N–H and O–H groups in total. The minimum Gasteiger partial charge on any atom is -0.312 e. The van der Waals surface area contributed by atoms with Crippen molar-refractivity contribution >= 4 is 0 Å². The van der Waals surface area contributed by atoms with E-state index in [9.17, 15) is 0 Å². The first kappa shape index (κ1) is 8.02. The number of likely N-dealkylation sites (N-methyl/N-ethyl adjacent to an activating group) is 1. The Labute approximate surface area is 63.6 Å². The molecule has 2 nitrogen and oxygen atoms in total. The molecule has 0 radical (unpaired) electrons. The average molecular weight is 142 g/mol. The first-order chi connectivity index (χ1) is 4.57. The molecule has 60 valence electrons. The van der Waals surface area contributed by atoms with Crippen LogP contribution in [0.4, 0.5) is 0 Å². The molecule has 10 heavy (non-hydrogen) atoms. The quantitative estimate of drug-likeness (QED) is 0.610. The molecule has 1 aliphatic heterocycles. The molecule has 0 spiro atoms. The van der Waals surface area contributed by atoms with Crippen LogP contribution < -0.4 is 5.32 Å². The van der Waals surface area contributed by atoms with Crippen LogP contribution in [0, 0.1) is 0 Å². The van der Waals surface area contributed by atoms with E-state index in [4.69, 9.17) is 0 Å². The molecule has 0 saturated carbocycles. The van der Waals surface area contributed by atoms with Gasteiger partial charge in [-0.05, 0) is 27.8 Å². The van der Waals surface area contributed by atoms with Gasteiger partial charge in [0.1, 0.15) is 0 Å². The maximum atomic E-state index is 3.32. The molecule has 1 rings (SSSR count). The highest BCUT2D eigenvalue weighted by Crippen LogP contribution is 2.21. The van der Waals surface area contributed by atoms with Gasteiger partial charge in [0, 0.05) is 24.7 Å². The SMILES string of the molecule is CNC1(C)CN(C(C)C)C1. The first-order valence-corrected chi connectivity index (χ1v) is 4.00. The fourth-order valence-electron chi connectivity index (χ4n) is 1.37. The van der Waals surface area contributed by atoms with Gasteiger partial charge >= 0.3 is 0 Å². The largest absolute Gasteiger partial charge is 0.312 e. The molecule has 0 aromatic heterocycles. The van der Waals surface area contributed by atoms with E-state index in [2.05, 4.69) is 31.0 Å². The Morgan fingerprint density at radius 1 is 1.40 bits per heavy atom. The van der Waals surface area contributed by atoms with Gasteiger partial charge in [0.15, 0.2) is 0 Å². The summed E-state index contributed by atoms with van der Waals surface area (Å²) in [5, 5.41) is 3.32. The minimum absolute atomic E-state index is 0.393. The lowest BCUT2D eigenvalue weighted by atomic mass is 9.91. The highest BCUT2D eigenvalue weighted by molar-refractivity contribution is 4.98. The van der Waals surface area contributed by atoms with Gasteiger partial charge in [0.2, 0.25) is 0 Å². The monoisotopic (exact) mass is 142 g/mol. The molecule has 0 bridgehead atoms. The Bertz CT molecular complexity index is 114. The van der Waals surface area contributed by atoms with Crippen molar-refractivity contribution in [3.63, 3.8) is 0 Å². The lowest BCUT2D eigenvalue weighted by Crippen LogP contribution is -2.67. The Morgan fingerprint density at radius 2 is 1.90 bits per heavy atom. The topological polar surface area (TPSA) is 15.3 Å². The zero-order valence-electron chi connectivity index (χ0n) is 7.44. The van der Waals surface area contributed by atoms with E-state index in [-0.39, 0.29) is 0 Å². The fraction of sp³-hybridized carbons (Fsp3) is 1.00. The molecule has 0 aromatic rings. The lowest BCUT2D eigenvalue weighted by molar-refractivity contribution is 0.0334. The molecule has 0 unspecified atom stereocenters. The van der Waals surface area contributed by atoms with Crippen molar-refractivity contribution in [3.8, 4) is 0 Å². The fourth-order valence-corrected chi connectivity index (χ4v) is 1.37. The van der Waals surface area contributed by atoms with Crippen LogP contribution in [0.3, 0.4) is 0 Å². The van der Waals surface area contributed by atoms with Crippen LogP contribution in [0.25, 0.3) is 0 Å². The Balaban J connectivity index is 2.29. The van der Waals surface area contributed by atoms with E-state index in [0.29, 0.717) is 11.6 Å². The first-order valence-electron chi connectivity index (χ1n) is 4.00. The van der Waals surface area contributed by atoms with Gasteiger partial charge in [-0.2, -0.15) is 0 Å². The third kappa shape index (κ3) is 1.32. The van der Waals surface area contributed by atoms with Gasteiger partial charge in [-0.25, -0.2) is 0 Å². The van der Waals surface area contributed by atoms with Crippen LogP contribution in [0.2, 0.25) is 0 Å². The number of rotatable bonds is 2. The summed E-state index contributed by atoms with van der Waals surface area (Å²) >= 11 is 0. The van der Waals surface area contributed by atoms with Gasteiger partial charge in [-0.3, -0.25) is 4.90 Å². The standard InChI is InChI=1S/C8H18N2/c1-7(2)10-5-8(3,6-10)9-4/h7,9H,5-6H2,1-4H3. The van der Waals surface area contributed by atoms with Gasteiger partial charge < -0.3 is 5.32 Å². The Kier molecular flexibility index (Phi) is 2.02. The van der Waals surface area contributed by atoms with E-state index in [1.54, 1.807) is 0 Å². The molecule has 2 heteroatoms. The number of likely N-dealkylation sites (tertiary alicyclic amines) is 1. The highest BCUT2D eigenvalue weighted by atomic mass is 15.3. The molecule has 1 heterocycles. The molecule has 0 atom stereocenters. The number of hydrogen-bond acceptors (Lipinski definition) is 2. The molecule has 1 aliphatic rings. The Hall–Kier alpha value is -0.0800. The van der Waals surface area contributed by atoms with Crippen molar-refractivity contribution in [1.29, 1.82) is 0 Å². The molecule has 0 amide bonds. The van der Waals surface area contributed by atoms with Crippen molar-refractivity contribution in [2.24, 2.45) is 0 Å². The second-order valence-corrected chi connectivity index (χ2v) is 3.81. The van der Waals surface area contributed by atoms with Crippen LogP contribution in [0.1, 0.15) is 20.8 Å². The molecule has 1 fully saturated rings. The minimum atomic E-state index is 0.393.